The summed E-state index contributed by atoms with van der Waals surface area (Å²) in [6.45, 7) is 0. The normalized spacial score (nSPS) is 15.3. The first-order valence-corrected chi connectivity index (χ1v) is 11.7. The number of carbonyl (C=O) groups excluding carboxylic acids is 1. The molecular formula is C22H27NO4S. The summed E-state index contributed by atoms with van der Waals surface area (Å²) in [5, 5.41) is 12.4. The van der Waals surface area contributed by atoms with Gasteiger partial charge in [0.15, 0.2) is 9.84 Å². The van der Waals surface area contributed by atoms with Gasteiger partial charge in [-0.2, -0.15) is 0 Å². The summed E-state index contributed by atoms with van der Waals surface area (Å²) in [4.78, 5) is 12.2. The van der Waals surface area contributed by atoms with Gasteiger partial charge in [0.25, 0.3) is 5.91 Å². The van der Waals surface area contributed by atoms with Gasteiger partial charge >= 0.3 is 0 Å². The van der Waals surface area contributed by atoms with Crippen molar-refractivity contribution in [2.45, 2.75) is 49.8 Å². The van der Waals surface area contributed by atoms with Crippen LogP contribution in [0.3, 0.4) is 0 Å². The quantitative estimate of drug-likeness (QED) is 0.695. The number of amides is 1. The molecule has 1 fully saturated rings. The number of hydrogen-bond acceptors (Lipinski definition) is 4. The van der Waals surface area contributed by atoms with E-state index in [2.05, 4.69) is 5.32 Å². The van der Waals surface area contributed by atoms with Gasteiger partial charge in [-0.05, 0) is 54.7 Å². The van der Waals surface area contributed by atoms with Crippen LogP contribution in [0, 0.1) is 5.92 Å². The van der Waals surface area contributed by atoms with Crippen molar-refractivity contribution in [3.63, 3.8) is 0 Å². The number of carbonyl (C=O) groups is 1. The lowest BCUT2D eigenvalue weighted by atomic mass is 9.85. The molecule has 1 saturated carbocycles. The summed E-state index contributed by atoms with van der Waals surface area (Å²) in [7, 11) is -3.58. The van der Waals surface area contributed by atoms with Crippen molar-refractivity contribution in [2.24, 2.45) is 5.92 Å². The maximum atomic E-state index is 12.5. The van der Waals surface area contributed by atoms with E-state index in [-0.39, 0.29) is 16.6 Å². The number of rotatable bonds is 6. The first-order valence-electron chi connectivity index (χ1n) is 9.76. The van der Waals surface area contributed by atoms with Gasteiger partial charge in [0, 0.05) is 17.5 Å². The third kappa shape index (κ3) is 5.35. The van der Waals surface area contributed by atoms with Crippen LogP contribution >= 0.6 is 0 Å². The van der Waals surface area contributed by atoms with E-state index in [9.17, 15) is 18.3 Å². The molecule has 3 rings (SSSR count). The van der Waals surface area contributed by atoms with Gasteiger partial charge in [0.05, 0.1) is 0 Å². The van der Waals surface area contributed by atoms with Crippen molar-refractivity contribution in [2.75, 3.05) is 11.6 Å². The molecule has 6 heteroatoms. The van der Waals surface area contributed by atoms with Crippen LogP contribution in [0.2, 0.25) is 0 Å². The average Bonchev–Trinajstić information content (AvgIpc) is 2.68. The summed E-state index contributed by atoms with van der Waals surface area (Å²) in [5.74, 6) is 0.182. The van der Waals surface area contributed by atoms with Crippen molar-refractivity contribution < 1.29 is 18.3 Å². The molecule has 28 heavy (non-hydrogen) atoms. The molecule has 0 atom stereocenters. The van der Waals surface area contributed by atoms with E-state index >= 15 is 0 Å². The van der Waals surface area contributed by atoms with Gasteiger partial charge < -0.3 is 10.4 Å². The third-order valence-corrected chi connectivity index (χ3v) is 6.53. The molecule has 1 aliphatic rings. The monoisotopic (exact) mass is 401 g/mol. The molecule has 0 spiro atoms. The molecule has 0 unspecified atom stereocenters. The maximum absolute atomic E-state index is 12.5. The molecule has 0 radical (unpaired) electrons. The minimum atomic E-state index is -3.58. The molecule has 0 saturated heterocycles. The molecular weight excluding hydrogens is 374 g/mol. The Hall–Kier alpha value is -2.34. The van der Waals surface area contributed by atoms with Crippen molar-refractivity contribution >= 4 is 21.4 Å². The van der Waals surface area contributed by atoms with Crippen LogP contribution in [-0.4, -0.2) is 25.7 Å². The Morgan fingerprint density at radius 3 is 2.39 bits per heavy atom. The molecule has 2 aromatic rings. The molecule has 1 amide bonds. The number of sulfone groups is 1. The fourth-order valence-electron chi connectivity index (χ4n) is 3.76. The highest BCUT2D eigenvalue weighted by molar-refractivity contribution is 7.90. The second kappa shape index (κ2) is 8.78. The highest BCUT2D eigenvalue weighted by atomic mass is 32.2. The van der Waals surface area contributed by atoms with Crippen molar-refractivity contribution in [3.05, 3.63) is 53.6 Å². The number of benzene rings is 2. The van der Waals surface area contributed by atoms with Crippen molar-refractivity contribution in [1.82, 2.24) is 0 Å². The first-order chi connectivity index (χ1) is 13.3. The molecule has 2 aromatic carbocycles. The number of aryl methyl sites for hydroxylation is 1. The second-order valence-electron chi connectivity index (χ2n) is 7.65. The van der Waals surface area contributed by atoms with Gasteiger partial charge in [-0.3, -0.25) is 4.79 Å². The summed E-state index contributed by atoms with van der Waals surface area (Å²) < 4.78 is 23.4. The van der Waals surface area contributed by atoms with Crippen LogP contribution in [-0.2, 0) is 16.3 Å². The fourth-order valence-corrected chi connectivity index (χ4v) is 4.55. The van der Waals surface area contributed by atoms with Crippen molar-refractivity contribution in [3.8, 4) is 5.75 Å². The van der Waals surface area contributed by atoms with Crippen LogP contribution in [0.4, 0.5) is 5.69 Å². The van der Waals surface area contributed by atoms with E-state index in [0.717, 1.165) is 18.6 Å². The van der Waals surface area contributed by atoms with Crippen LogP contribution in [0.25, 0.3) is 0 Å². The van der Waals surface area contributed by atoms with Crippen LogP contribution in [0.1, 0.15) is 54.4 Å². The van der Waals surface area contributed by atoms with E-state index in [1.54, 1.807) is 12.1 Å². The maximum Gasteiger partial charge on any atom is 0.255 e. The molecule has 150 valence electrons. The summed E-state index contributed by atoms with van der Waals surface area (Å²) >= 11 is 0. The number of phenolic OH excluding ortho intramolecular Hbond substituents is 1. The Labute approximate surface area is 166 Å². The molecule has 2 N–H and O–H groups in total. The smallest absolute Gasteiger partial charge is 0.255 e. The standard InChI is InChI=1S/C22H27NO4S/c1-28(26,27)21-15-19(13-14-20(21)24)23-22(25)18-11-9-17(10-12-18)8-7-16-5-3-2-4-6-16/h9-16,24H,2-8H2,1H3,(H,23,25). The number of aromatic hydroxyl groups is 1. The minimum absolute atomic E-state index is 0.205. The van der Waals surface area contributed by atoms with E-state index in [1.165, 1.54) is 62.3 Å². The molecule has 0 bridgehead atoms. The summed E-state index contributed by atoms with van der Waals surface area (Å²) in [6.07, 6.45) is 9.98. The van der Waals surface area contributed by atoms with Crippen molar-refractivity contribution in [1.29, 1.82) is 0 Å². The Morgan fingerprint density at radius 2 is 1.75 bits per heavy atom. The van der Waals surface area contributed by atoms with E-state index in [4.69, 9.17) is 0 Å². The van der Waals surface area contributed by atoms with E-state index < -0.39 is 9.84 Å². The number of nitrogens with one attached hydrogen (secondary N) is 1. The van der Waals surface area contributed by atoms with Gasteiger partial charge in [-0.1, -0.05) is 44.2 Å². The SMILES string of the molecule is CS(=O)(=O)c1cc(NC(=O)c2ccc(CCC3CCCCC3)cc2)ccc1O. The van der Waals surface area contributed by atoms with Gasteiger partial charge in [0.1, 0.15) is 10.6 Å². The Balaban J connectivity index is 1.62. The zero-order valence-corrected chi connectivity index (χ0v) is 17.0. The third-order valence-electron chi connectivity index (χ3n) is 5.40. The predicted octanol–water partition coefficient (Wildman–Crippen LogP) is 4.56. The van der Waals surface area contributed by atoms with E-state index in [0.29, 0.717) is 11.3 Å². The lowest BCUT2D eigenvalue weighted by Crippen LogP contribution is -2.12. The van der Waals surface area contributed by atoms with Gasteiger partial charge in [-0.25, -0.2) is 8.42 Å². The molecule has 0 aliphatic heterocycles. The van der Waals surface area contributed by atoms with Crippen LogP contribution < -0.4 is 5.32 Å². The Morgan fingerprint density at radius 1 is 1.07 bits per heavy atom. The number of hydrogen-bond donors (Lipinski definition) is 2. The minimum Gasteiger partial charge on any atom is -0.507 e. The lowest BCUT2D eigenvalue weighted by Gasteiger charge is -2.21. The topological polar surface area (TPSA) is 83.5 Å². The Kier molecular flexibility index (Phi) is 6.39. The largest absolute Gasteiger partial charge is 0.507 e. The Bertz CT molecular complexity index is 930. The summed E-state index contributed by atoms with van der Waals surface area (Å²) in [5.41, 5.74) is 2.06. The zero-order chi connectivity index (χ0) is 20.1. The highest BCUT2D eigenvalue weighted by Crippen LogP contribution is 2.28. The molecule has 1 aliphatic carbocycles. The van der Waals surface area contributed by atoms with Crippen LogP contribution in [0.15, 0.2) is 47.4 Å². The average molecular weight is 402 g/mol. The molecule has 0 heterocycles. The zero-order valence-electron chi connectivity index (χ0n) is 16.1. The predicted molar refractivity (Wildman–Crippen MR) is 111 cm³/mol. The van der Waals surface area contributed by atoms with E-state index in [1.807, 2.05) is 12.1 Å². The van der Waals surface area contributed by atoms with Crippen LogP contribution in [0.5, 0.6) is 5.75 Å². The fraction of sp³-hybridized carbons (Fsp3) is 0.409. The summed E-state index contributed by atoms with van der Waals surface area (Å²) in [6, 6.07) is 11.6. The lowest BCUT2D eigenvalue weighted by molar-refractivity contribution is 0.102. The number of phenols is 1. The second-order valence-corrected chi connectivity index (χ2v) is 9.63. The first kappa shape index (κ1) is 20.4. The highest BCUT2D eigenvalue weighted by Gasteiger charge is 2.16. The van der Waals surface area contributed by atoms with Gasteiger partial charge in [-0.15, -0.1) is 0 Å². The number of anilines is 1. The molecule has 0 aromatic heterocycles. The molecule has 5 nitrogen and oxygen atoms in total. The van der Waals surface area contributed by atoms with Gasteiger partial charge in [0.2, 0.25) is 0 Å².